The lowest BCUT2D eigenvalue weighted by atomic mass is 10.1. The van der Waals surface area contributed by atoms with Crippen LogP contribution in [0, 0.1) is 29.6 Å². The maximum Gasteiger partial charge on any atom is 0.338 e. The molecule has 18 heavy (non-hydrogen) atoms. The molecule has 6 heteroatoms. The van der Waals surface area contributed by atoms with Crippen molar-refractivity contribution in [3.8, 4) is 12.1 Å². The van der Waals surface area contributed by atoms with Gasteiger partial charge in [0.05, 0.1) is 18.4 Å². The molecular formula is C12H10N4O2. The first-order valence-electron chi connectivity index (χ1n) is 4.95. The van der Waals surface area contributed by atoms with Crippen LogP contribution >= 0.6 is 0 Å². The summed E-state index contributed by atoms with van der Waals surface area (Å²) < 4.78 is 4.63. The van der Waals surface area contributed by atoms with Gasteiger partial charge in [0.1, 0.15) is 12.1 Å². The molecule has 6 nitrogen and oxygen atoms in total. The van der Waals surface area contributed by atoms with Crippen molar-refractivity contribution in [1.82, 2.24) is 0 Å². The van der Waals surface area contributed by atoms with Gasteiger partial charge in [-0.25, -0.2) is 4.79 Å². The Kier molecular flexibility index (Phi) is 4.42. The summed E-state index contributed by atoms with van der Waals surface area (Å²) in [5.41, 5.74) is 3.88. The van der Waals surface area contributed by atoms with Gasteiger partial charge in [0.15, 0.2) is 0 Å². The van der Waals surface area contributed by atoms with Crippen molar-refractivity contribution in [1.29, 1.82) is 10.5 Å². The van der Waals surface area contributed by atoms with E-state index in [1.807, 2.05) is 0 Å². The standard InChI is InChI=1S/C12H10N4O2/c1-8-3-4-9(5-11(8)12(17)18-2)15-16-10(6-13)7-14/h3-5,15H,1-2H3. The van der Waals surface area contributed by atoms with Gasteiger partial charge in [-0.2, -0.15) is 15.6 Å². The van der Waals surface area contributed by atoms with Crippen molar-refractivity contribution in [2.75, 3.05) is 12.5 Å². The predicted molar refractivity (Wildman–Crippen MR) is 64.8 cm³/mol. The second-order valence-corrected chi connectivity index (χ2v) is 3.32. The van der Waals surface area contributed by atoms with Gasteiger partial charge < -0.3 is 4.74 Å². The summed E-state index contributed by atoms with van der Waals surface area (Å²) in [7, 11) is 1.30. The first-order chi connectivity index (χ1) is 8.62. The number of nitriles is 2. The Morgan fingerprint density at radius 1 is 1.39 bits per heavy atom. The molecule has 0 unspecified atom stereocenters. The van der Waals surface area contributed by atoms with Gasteiger partial charge in [-0.05, 0) is 24.6 Å². The lowest BCUT2D eigenvalue weighted by Gasteiger charge is -2.06. The van der Waals surface area contributed by atoms with Crippen molar-refractivity contribution in [2.24, 2.45) is 5.10 Å². The molecule has 0 aliphatic heterocycles. The summed E-state index contributed by atoms with van der Waals surface area (Å²) in [4.78, 5) is 11.4. The number of hydrazone groups is 1. The summed E-state index contributed by atoms with van der Waals surface area (Å²) >= 11 is 0. The number of ether oxygens (including phenoxy) is 1. The molecule has 1 N–H and O–H groups in total. The minimum atomic E-state index is -0.457. The normalized spacial score (nSPS) is 8.67. The van der Waals surface area contributed by atoms with Crippen LogP contribution in [0.15, 0.2) is 23.3 Å². The lowest BCUT2D eigenvalue weighted by Crippen LogP contribution is -2.05. The van der Waals surface area contributed by atoms with Gasteiger partial charge in [-0.15, -0.1) is 0 Å². The lowest BCUT2D eigenvalue weighted by molar-refractivity contribution is 0.0600. The minimum absolute atomic E-state index is 0.296. The smallest absolute Gasteiger partial charge is 0.338 e. The zero-order valence-electron chi connectivity index (χ0n) is 9.89. The Hall–Kier alpha value is -2.86. The topological polar surface area (TPSA) is 98.3 Å². The third-order valence-corrected chi connectivity index (χ3v) is 2.15. The van der Waals surface area contributed by atoms with Crippen LogP contribution in [0.1, 0.15) is 15.9 Å². The Morgan fingerprint density at radius 2 is 2.06 bits per heavy atom. The number of esters is 1. The monoisotopic (exact) mass is 242 g/mol. The van der Waals surface area contributed by atoms with E-state index in [1.54, 1.807) is 31.2 Å². The van der Waals surface area contributed by atoms with Gasteiger partial charge in [-0.1, -0.05) is 6.07 Å². The third kappa shape index (κ3) is 3.06. The second kappa shape index (κ2) is 6.02. The van der Waals surface area contributed by atoms with E-state index in [0.29, 0.717) is 11.3 Å². The van der Waals surface area contributed by atoms with Crippen molar-refractivity contribution in [3.05, 3.63) is 29.3 Å². The number of hydrogen-bond acceptors (Lipinski definition) is 6. The molecular weight excluding hydrogens is 232 g/mol. The van der Waals surface area contributed by atoms with Crippen LogP contribution in [0.3, 0.4) is 0 Å². The molecule has 0 atom stereocenters. The molecule has 90 valence electrons. The van der Waals surface area contributed by atoms with Gasteiger partial charge in [0, 0.05) is 0 Å². The molecule has 0 spiro atoms. The number of hydrogen-bond donors (Lipinski definition) is 1. The van der Waals surface area contributed by atoms with Gasteiger partial charge >= 0.3 is 5.97 Å². The van der Waals surface area contributed by atoms with Crippen LogP contribution < -0.4 is 5.43 Å². The molecule has 0 aliphatic carbocycles. The van der Waals surface area contributed by atoms with E-state index in [1.165, 1.54) is 13.2 Å². The van der Waals surface area contributed by atoms with Crippen molar-refractivity contribution >= 4 is 17.4 Å². The van der Waals surface area contributed by atoms with E-state index < -0.39 is 5.97 Å². The molecule has 0 saturated carbocycles. The highest BCUT2D eigenvalue weighted by Crippen LogP contribution is 2.16. The maximum absolute atomic E-state index is 11.4. The number of rotatable bonds is 3. The van der Waals surface area contributed by atoms with Crippen LogP contribution in [0.2, 0.25) is 0 Å². The molecule has 0 fully saturated rings. The van der Waals surface area contributed by atoms with E-state index in [4.69, 9.17) is 10.5 Å². The van der Waals surface area contributed by atoms with Crippen LogP contribution in [0.5, 0.6) is 0 Å². The first kappa shape index (κ1) is 13.2. The molecule has 1 aromatic carbocycles. The summed E-state index contributed by atoms with van der Waals surface area (Å²) in [5, 5.41) is 20.6. The predicted octanol–water partition coefficient (Wildman–Crippen LogP) is 1.60. The minimum Gasteiger partial charge on any atom is -0.465 e. The Labute approximate surface area is 104 Å². The third-order valence-electron chi connectivity index (χ3n) is 2.15. The number of nitrogens with zero attached hydrogens (tertiary/aromatic N) is 3. The van der Waals surface area contributed by atoms with Crippen molar-refractivity contribution in [2.45, 2.75) is 6.92 Å². The highest BCUT2D eigenvalue weighted by Gasteiger charge is 2.09. The summed E-state index contributed by atoms with van der Waals surface area (Å²) in [6, 6.07) is 8.16. The van der Waals surface area contributed by atoms with Crippen LogP contribution in [0.25, 0.3) is 0 Å². The number of carbonyl (C=O) groups excluding carboxylic acids is 1. The van der Waals surface area contributed by atoms with Crippen LogP contribution in [-0.2, 0) is 4.74 Å². The average Bonchev–Trinajstić information content (AvgIpc) is 2.40. The fraction of sp³-hybridized carbons (Fsp3) is 0.167. The number of benzene rings is 1. The zero-order chi connectivity index (χ0) is 13.5. The summed E-state index contributed by atoms with van der Waals surface area (Å²) in [6.45, 7) is 1.77. The van der Waals surface area contributed by atoms with E-state index in [-0.39, 0.29) is 5.71 Å². The van der Waals surface area contributed by atoms with Crippen LogP contribution in [-0.4, -0.2) is 18.8 Å². The molecule has 0 saturated heterocycles. The van der Waals surface area contributed by atoms with E-state index in [0.717, 1.165) is 5.56 Å². The molecule has 0 aliphatic rings. The Balaban J connectivity index is 3.01. The zero-order valence-corrected chi connectivity index (χ0v) is 9.89. The highest BCUT2D eigenvalue weighted by atomic mass is 16.5. The molecule has 1 rings (SSSR count). The van der Waals surface area contributed by atoms with E-state index in [2.05, 4.69) is 15.3 Å². The second-order valence-electron chi connectivity index (χ2n) is 3.32. The molecule has 1 aromatic rings. The maximum atomic E-state index is 11.4. The van der Waals surface area contributed by atoms with E-state index in [9.17, 15) is 4.79 Å². The molecule has 0 heterocycles. The van der Waals surface area contributed by atoms with Gasteiger partial charge in [0.2, 0.25) is 5.71 Å². The molecule has 0 radical (unpaired) electrons. The Morgan fingerprint density at radius 3 is 2.61 bits per heavy atom. The number of aryl methyl sites for hydroxylation is 1. The quantitative estimate of drug-likeness (QED) is 0.493. The van der Waals surface area contributed by atoms with Gasteiger partial charge in [-0.3, -0.25) is 5.43 Å². The largest absolute Gasteiger partial charge is 0.465 e. The highest BCUT2D eigenvalue weighted by molar-refractivity contribution is 6.10. The number of methoxy groups -OCH3 is 1. The Bertz CT molecular complexity index is 563. The molecule has 0 amide bonds. The van der Waals surface area contributed by atoms with Crippen molar-refractivity contribution < 1.29 is 9.53 Å². The van der Waals surface area contributed by atoms with Crippen molar-refractivity contribution in [3.63, 3.8) is 0 Å². The van der Waals surface area contributed by atoms with Crippen LogP contribution in [0.4, 0.5) is 5.69 Å². The fourth-order valence-corrected chi connectivity index (χ4v) is 1.22. The van der Waals surface area contributed by atoms with E-state index >= 15 is 0 Å². The SMILES string of the molecule is COC(=O)c1cc(NN=C(C#N)C#N)ccc1C. The average molecular weight is 242 g/mol. The fourth-order valence-electron chi connectivity index (χ4n) is 1.22. The number of nitrogens with one attached hydrogen (secondary N) is 1. The molecule has 0 bridgehead atoms. The number of carbonyl (C=O) groups is 1. The first-order valence-corrected chi connectivity index (χ1v) is 4.95. The van der Waals surface area contributed by atoms with Gasteiger partial charge in [0.25, 0.3) is 0 Å². The summed E-state index contributed by atoms with van der Waals surface area (Å²) in [5.74, 6) is -0.457. The number of anilines is 1. The summed E-state index contributed by atoms with van der Waals surface area (Å²) in [6.07, 6.45) is 0. The molecule has 0 aromatic heterocycles.